The van der Waals surface area contributed by atoms with Gasteiger partial charge in [-0.1, -0.05) is 6.07 Å². The van der Waals surface area contributed by atoms with E-state index in [0.717, 1.165) is 39.4 Å². The molecule has 118 valence electrons. The Kier molecular flexibility index (Phi) is 3.70. The molecule has 0 aromatic carbocycles. The van der Waals surface area contributed by atoms with Gasteiger partial charge in [-0.3, -0.25) is 4.79 Å². The minimum Gasteiger partial charge on any atom is -0.481 e. The molecule has 3 heterocycles. The zero-order valence-corrected chi connectivity index (χ0v) is 14.5. The number of carboxylic acids is 1. The highest BCUT2D eigenvalue weighted by atomic mass is 32.1. The smallest absolute Gasteiger partial charge is 0.307 e. The fraction of sp³-hybridized carbons (Fsp3) is 0.333. The van der Waals surface area contributed by atoms with Gasteiger partial charge in [-0.05, 0) is 55.2 Å². The lowest BCUT2D eigenvalue weighted by molar-refractivity contribution is -0.136. The van der Waals surface area contributed by atoms with Gasteiger partial charge in [-0.25, -0.2) is 4.98 Å². The second kappa shape index (κ2) is 5.73. The Morgan fingerprint density at radius 1 is 1.35 bits per heavy atom. The van der Waals surface area contributed by atoms with Gasteiger partial charge in [0.15, 0.2) is 0 Å². The third-order valence-corrected chi connectivity index (χ3v) is 6.58. The molecule has 0 atom stereocenters. The normalized spacial score (nSPS) is 14.1. The van der Waals surface area contributed by atoms with Gasteiger partial charge in [-0.15, -0.1) is 22.7 Å². The predicted molar refractivity (Wildman–Crippen MR) is 95.7 cm³/mol. The Hall–Kier alpha value is -1.72. The van der Waals surface area contributed by atoms with E-state index in [4.69, 9.17) is 4.98 Å². The highest BCUT2D eigenvalue weighted by molar-refractivity contribution is 7.19. The third-order valence-electron chi connectivity index (χ3n) is 4.51. The lowest BCUT2D eigenvalue weighted by Gasteiger charge is -2.15. The Morgan fingerprint density at radius 2 is 2.17 bits per heavy atom. The summed E-state index contributed by atoms with van der Waals surface area (Å²) in [6, 6.07) is 4.13. The van der Waals surface area contributed by atoms with Crippen molar-refractivity contribution in [1.29, 1.82) is 0 Å². The van der Waals surface area contributed by atoms with Gasteiger partial charge in [-0.2, -0.15) is 0 Å². The Labute approximate surface area is 142 Å². The van der Waals surface area contributed by atoms with E-state index in [2.05, 4.69) is 11.4 Å². The summed E-state index contributed by atoms with van der Waals surface area (Å²) in [4.78, 5) is 19.8. The molecule has 0 unspecified atom stereocenters. The van der Waals surface area contributed by atoms with E-state index in [-0.39, 0.29) is 6.42 Å². The number of aryl methyl sites for hydroxylation is 3. The average Bonchev–Trinajstić information content (AvgIpc) is 3.15. The van der Waals surface area contributed by atoms with Crippen LogP contribution in [0.1, 0.15) is 34.5 Å². The number of hydrogen-bond donors (Lipinski definition) is 1. The van der Waals surface area contributed by atoms with Crippen LogP contribution in [0, 0.1) is 6.92 Å². The predicted octanol–water partition coefficient (Wildman–Crippen LogP) is 4.84. The number of carbonyl (C=O) groups is 1. The van der Waals surface area contributed by atoms with E-state index < -0.39 is 5.97 Å². The van der Waals surface area contributed by atoms with Gasteiger partial charge in [0.1, 0.15) is 4.83 Å². The number of pyridine rings is 1. The number of nitrogens with zero attached hydrogens (tertiary/aromatic N) is 1. The number of hydrogen-bond acceptors (Lipinski definition) is 4. The van der Waals surface area contributed by atoms with Crippen LogP contribution in [-0.2, 0) is 24.1 Å². The van der Waals surface area contributed by atoms with E-state index in [0.29, 0.717) is 0 Å². The van der Waals surface area contributed by atoms with Crippen LogP contribution in [0.3, 0.4) is 0 Å². The number of aromatic nitrogens is 1. The molecule has 5 heteroatoms. The second-order valence-corrected chi connectivity index (χ2v) is 8.02. The summed E-state index contributed by atoms with van der Waals surface area (Å²) in [5.41, 5.74) is 4.25. The van der Waals surface area contributed by atoms with Crippen molar-refractivity contribution in [3.05, 3.63) is 39.2 Å². The summed E-state index contributed by atoms with van der Waals surface area (Å²) in [6.45, 7) is 1.94. The molecule has 0 saturated heterocycles. The summed E-state index contributed by atoms with van der Waals surface area (Å²) in [7, 11) is 0. The highest BCUT2D eigenvalue weighted by Crippen LogP contribution is 2.44. The van der Waals surface area contributed by atoms with Crippen LogP contribution in [0.2, 0.25) is 0 Å². The number of thiophene rings is 2. The molecule has 23 heavy (non-hydrogen) atoms. The SMILES string of the molecule is Cc1nc2sc3c(c2c(-c2cccs2)c1CC(=O)O)CCCC3. The zero-order valence-electron chi connectivity index (χ0n) is 12.9. The molecular weight excluding hydrogens is 326 g/mol. The van der Waals surface area contributed by atoms with Crippen molar-refractivity contribution in [3.63, 3.8) is 0 Å². The van der Waals surface area contributed by atoms with E-state index in [1.807, 2.05) is 13.0 Å². The van der Waals surface area contributed by atoms with Crippen LogP contribution in [0.25, 0.3) is 20.7 Å². The first-order chi connectivity index (χ1) is 11.1. The quantitative estimate of drug-likeness (QED) is 0.740. The van der Waals surface area contributed by atoms with Crippen molar-refractivity contribution in [2.45, 2.75) is 39.0 Å². The number of fused-ring (bicyclic) bond motifs is 3. The molecular formula is C18H17NO2S2. The second-order valence-electron chi connectivity index (χ2n) is 5.99. The summed E-state index contributed by atoms with van der Waals surface area (Å²) in [5, 5.41) is 12.6. The Morgan fingerprint density at radius 3 is 2.91 bits per heavy atom. The van der Waals surface area contributed by atoms with Gasteiger partial charge in [0.2, 0.25) is 0 Å². The minimum absolute atomic E-state index is 0.0344. The molecule has 0 radical (unpaired) electrons. The lowest BCUT2D eigenvalue weighted by Crippen LogP contribution is -2.06. The first kappa shape index (κ1) is 14.8. The van der Waals surface area contributed by atoms with Crippen LogP contribution in [0.15, 0.2) is 17.5 Å². The molecule has 0 amide bonds. The maximum atomic E-state index is 11.4. The van der Waals surface area contributed by atoms with E-state index in [9.17, 15) is 9.90 Å². The van der Waals surface area contributed by atoms with Gasteiger partial charge in [0.25, 0.3) is 0 Å². The van der Waals surface area contributed by atoms with Gasteiger partial charge in [0.05, 0.1) is 6.42 Å². The average molecular weight is 343 g/mol. The molecule has 3 aromatic rings. The number of aliphatic carboxylic acids is 1. The van der Waals surface area contributed by atoms with E-state index in [1.54, 1.807) is 22.7 Å². The van der Waals surface area contributed by atoms with Crippen molar-refractivity contribution < 1.29 is 9.90 Å². The first-order valence-electron chi connectivity index (χ1n) is 7.84. The van der Waals surface area contributed by atoms with E-state index >= 15 is 0 Å². The van der Waals surface area contributed by atoms with Crippen LogP contribution in [-0.4, -0.2) is 16.1 Å². The maximum Gasteiger partial charge on any atom is 0.307 e. The Bertz CT molecular complexity index is 894. The van der Waals surface area contributed by atoms with Crippen molar-refractivity contribution in [1.82, 2.24) is 4.98 Å². The third kappa shape index (κ3) is 2.48. The molecule has 0 saturated carbocycles. The topological polar surface area (TPSA) is 50.2 Å². The van der Waals surface area contributed by atoms with Crippen molar-refractivity contribution in [2.24, 2.45) is 0 Å². The Balaban J connectivity index is 2.09. The van der Waals surface area contributed by atoms with Crippen molar-refractivity contribution >= 4 is 38.9 Å². The van der Waals surface area contributed by atoms with Crippen LogP contribution in [0.4, 0.5) is 0 Å². The molecule has 4 rings (SSSR count). The molecule has 3 aromatic heterocycles. The fourth-order valence-corrected chi connectivity index (χ4v) is 5.62. The summed E-state index contributed by atoms with van der Waals surface area (Å²) >= 11 is 3.48. The van der Waals surface area contributed by atoms with Crippen molar-refractivity contribution in [3.8, 4) is 10.4 Å². The van der Waals surface area contributed by atoms with Gasteiger partial charge in [0, 0.05) is 26.4 Å². The van der Waals surface area contributed by atoms with E-state index in [1.165, 1.54) is 28.7 Å². The van der Waals surface area contributed by atoms with Crippen LogP contribution in [0.5, 0.6) is 0 Å². The number of carboxylic acid groups (broad SMARTS) is 1. The highest BCUT2D eigenvalue weighted by Gasteiger charge is 2.24. The monoisotopic (exact) mass is 343 g/mol. The first-order valence-corrected chi connectivity index (χ1v) is 9.54. The fourth-order valence-electron chi connectivity index (χ4n) is 3.50. The van der Waals surface area contributed by atoms with Crippen LogP contribution >= 0.6 is 22.7 Å². The van der Waals surface area contributed by atoms with Gasteiger partial charge < -0.3 is 5.11 Å². The van der Waals surface area contributed by atoms with Crippen molar-refractivity contribution in [2.75, 3.05) is 0 Å². The molecule has 0 bridgehead atoms. The standard InChI is InChI=1S/C18H17NO2S2/c1-10-12(9-15(20)21)16(14-7-4-8-22-14)17-11-5-2-3-6-13(11)23-18(17)19-10/h4,7-8H,2-3,5-6,9H2,1H3,(H,20,21). The summed E-state index contributed by atoms with van der Waals surface area (Å²) in [5.74, 6) is -0.795. The lowest BCUT2D eigenvalue weighted by atomic mass is 9.91. The molecule has 0 aliphatic heterocycles. The largest absolute Gasteiger partial charge is 0.481 e. The maximum absolute atomic E-state index is 11.4. The zero-order chi connectivity index (χ0) is 16.0. The molecule has 1 aliphatic carbocycles. The summed E-state index contributed by atoms with van der Waals surface area (Å²) in [6.07, 6.45) is 4.71. The molecule has 0 fully saturated rings. The molecule has 3 nitrogen and oxygen atoms in total. The molecule has 1 N–H and O–H groups in total. The molecule has 1 aliphatic rings. The van der Waals surface area contributed by atoms with Crippen LogP contribution < -0.4 is 0 Å². The summed E-state index contributed by atoms with van der Waals surface area (Å²) < 4.78 is 0. The number of rotatable bonds is 3. The molecule has 0 spiro atoms. The van der Waals surface area contributed by atoms with Gasteiger partial charge >= 0.3 is 5.97 Å². The minimum atomic E-state index is -0.795.